The summed E-state index contributed by atoms with van der Waals surface area (Å²) in [6.07, 6.45) is 1.64. The van der Waals surface area contributed by atoms with Crippen molar-refractivity contribution in [3.63, 3.8) is 0 Å². The first-order valence-corrected chi connectivity index (χ1v) is 10.5. The zero-order valence-electron chi connectivity index (χ0n) is 18.6. The van der Waals surface area contributed by atoms with Crippen molar-refractivity contribution in [1.82, 2.24) is 18.9 Å². The van der Waals surface area contributed by atoms with Crippen molar-refractivity contribution < 1.29 is 14.3 Å². The molecule has 3 heterocycles. The molecule has 5 aromatic rings. The van der Waals surface area contributed by atoms with E-state index in [0.29, 0.717) is 45.4 Å². The Morgan fingerprint density at radius 2 is 1.62 bits per heavy atom. The molecule has 5 rings (SSSR count). The summed E-state index contributed by atoms with van der Waals surface area (Å²) in [5.41, 5.74) is 2.67. The van der Waals surface area contributed by atoms with Crippen molar-refractivity contribution in [1.29, 1.82) is 0 Å². The van der Waals surface area contributed by atoms with Crippen LogP contribution in [0, 0.1) is 0 Å². The molecule has 0 aliphatic rings. The molecule has 0 atom stereocenters. The molecule has 0 radical (unpaired) electrons. The third kappa shape index (κ3) is 3.83. The van der Waals surface area contributed by atoms with Crippen molar-refractivity contribution in [3.8, 4) is 22.9 Å². The van der Waals surface area contributed by atoms with Gasteiger partial charge in [-0.1, -0.05) is 18.2 Å². The zero-order valence-corrected chi connectivity index (χ0v) is 18.6. The Bertz CT molecular complexity index is 1550. The molecule has 0 fully saturated rings. The minimum atomic E-state index is -0.295. The lowest BCUT2D eigenvalue weighted by atomic mass is 10.2. The Balaban J connectivity index is 1.59. The number of benzene rings is 2. The van der Waals surface area contributed by atoms with E-state index in [0.717, 1.165) is 0 Å². The number of hydrogen-bond donors (Lipinski definition) is 1. The minimum Gasteiger partial charge on any atom is -0.497 e. The van der Waals surface area contributed by atoms with Gasteiger partial charge in [0.25, 0.3) is 5.56 Å². The van der Waals surface area contributed by atoms with E-state index in [9.17, 15) is 9.59 Å². The van der Waals surface area contributed by atoms with Crippen LogP contribution in [-0.2, 0) is 11.3 Å². The minimum absolute atomic E-state index is 0.0609. The number of pyridine rings is 1. The van der Waals surface area contributed by atoms with Crippen LogP contribution in [0.5, 0.6) is 11.5 Å². The summed E-state index contributed by atoms with van der Waals surface area (Å²) in [6.45, 7) is -0.0609. The zero-order chi connectivity index (χ0) is 23.7. The largest absolute Gasteiger partial charge is 0.497 e. The second-order valence-electron chi connectivity index (χ2n) is 7.55. The van der Waals surface area contributed by atoms with Crippen LogP contribution in [0.1, 0.15) is 0 Å². The summed E-state index contributed by atoms with van der Waals surface area (Å²) in [4.78, 5) is 35.1. The number of fused-ring (bicyclic) bond motifs is 3. The van der Waals surface area contributed by atoms with E-state index in [2.05, 4.69) is 10.3 Å². The number of para-hydroxylation sites is 2. The highest BCUT2D eigenvalue weighted by molar-refractivity contribution is 5.93. The molecule has 0 bridgehead atoms. The number of ether oxygens (including phenoxy) is 2. The molecule has 3 aromatic heterocycles. The number of nitrogens with one attached hydrogen (secondary N) is 1. The Morgan fingerprint density at radius 3 is 2.29 bits per heavy atom. The number of hydrogen-bond acceptors (Lipinski definition) is 6. The van der Waals surface area contributed by atoms with E-state index in [1.54, 1.807) is 55.3 Å². The van der Waals surface area contributed by atoms with Gasteiger partial charge in [-0.2, -0.15) is 0 Å². The molecule has 0 saturated carbocycles. The van der Waals surface area contributed by atoms with Gasteiger partial charge in [-0.05, 0) is 24.3 Å². The molecule has 34 heavy (non-hydrogen) atoms. The topological polar surface area (TPSA) is 99.8 Å². The third-order valence-electron chi connectivity index (χ3n) is 5.42. The number of amides is 1. The fourth-order valence-corrected chi connectivity index (χ4v) is 3.89. The molecule has 1 amide bonds. The van der Waals surface area contributed by atoms with E-state index >= 15 is 0 Å². The SMILES string of the molecule is COc1cc(NC(=O)Cn2c3ccccc3n3c(=O)cc(-c4ccccn4)nc23)cc(OC)c1. The number of carbonyl (C=O) groups excluding carboxylic acids is 1. The number of methoxy groups -OCH3 is 2. The van der Waals surface area contributed by atoms with Gasteiger partial charge in [0.2, 0.25) is 11.7 Å². The predicted molar refractivity (Wildman–Crippen MR) is 128 cm³/mol. The number of imidazole rings is 1. The van der Waals surface area contributed by atoms with Crippen LogP contribution in [0.3, 0.4) is 0 Å². The summed E-state index contributed by atoms with van der Waals surface area (Å²) < 4.78 is 13.8. The Kier molecular flexibility index (Phi) is 5.43. The second kappa shape index (κ2) is 8.70. The highest BCUT2D eigenvalue weighted by atomic mass is 16.5. The lowest BCUT2D eigenvalue weighted by Crippen LogP contribution is -2.20. The fourth-order valence-electron chi connectivity index (χ4n) is 3.89. The number of nitrogens with zero attached hydrogens (tertiary/aromatic N) is 4. The first-order chi connectivity index (χ1) is 16.6. The van der Waals surface area contributed by atoms with E-state index < -0.39 is 0 Å². The second-order valence-corrected chi connectivity index (χ2v) is 7.55. The van der Waals surface area contributed by atoms with Crippen molar-refractivity contribution in [2.45, 2.75) is 6.54 Å². The first kappa shape index (κ1) is 21.2. The van der Waals surface area contributed by atoms with Gasteiger partial charge in [0.15, 0.2) is 0 Å². The van der Waals surface area contributed by atoms with Crippen molar-refractivity contribution in [2.24, 2.45) is 0 Å². The summed E-state index contributed by atoms with van der Waals surface area (Å²) in [7, 11) is 3.09. The average Bonchev–Trinajstić information content (AvgIpc) is 3.18. The Labute approximate surface area is 194 Å². The van der Waals surface area contributed by atoms with Crippen molar-refractivity contribution in [2.75, 3.05) is 19.5 Å². The van der Waals surface area contributed by atoms with Crippen LogP contribution in [0.15, 0.2) is 77.7 Å². The normalized spacial score (nSPS) is 11.0. The van der Waals surface area contributed by atoms with Crippen LogP contribution < -0.4 is 20.3 Å². The predicted octanol–water partition coefficient (Wildman–Crippen LogP) is 3.37. The maximum Gasteiger partial charge on any atom is 0.260 e. The molecular weight excluding hydrogens is 434 g/mol. The molecule has 0 saturated heterocycles. The van der Waals surface area contributed by atoms with Crippen molar-refractivity contribution >= 4 is 28.4 Å². The summed E-state index contributed by atoms with van der Waals surface area (Å²) >= 11 is 0. The Hall–Kier alpha value is -4.66. The monoisotopic (exact) mass is 455 g/mol. The summed E-state index contributed by atoms with van der Waals surface area (Å²) in [6, 6.07) is 19.4. The molecule has 0 aliphatic carbocycles. The van der Waals surface area contributed by atoms with E-state index in [4.69, 9.17) is 14.5 Å². The molecule has 9 heteroatoms. The van der Waals surface area contributed by atoms with E-state index in [1.165, 1.54) is 10.5 Å². The van der Waals surface area contributed by atoms with Crippen LogP contribution >= 0.6 is 0 Å². The summed E-state index contributed by atoms with van der Waals surface area (Å²) in [5, 5.41) is 2.87. The van der Waals surface area contributed by atoms with Crippen molar-refractivity contribution in [3.05, 3.63) is 83.3 Å². The molecule has 9 nitrogen and oxygen atoms in total. The van der Waals surface area contributed by atoms with Crippen LogP contribution in [0.4, 0.5) is 5.69 Å². The van der Waals surface area contributed by atoms with Crippen LogP contribution in [0.2, 0.25) is 0 Å². The molecule has 2 aromatic carbocycles. The lowest BCUT2D eigenvalue weighted by Gasteiger charge is -2.11. The van der Waals surface area contributed by atoms with E-state index in [1.807, 2.05) is 30.3 Å². The lowest BCUT2D eigenvalue weighted by molar-refractivity contribution is -0.116. The van der Waals surface area contributed by atoms with Gasteiger partial charge >= 0.3 is 0 Å². The highest BCUT2D eigenvalue weighted by Gasteiger charge is 2.18. The standard InChI is InChI=1S/C25H21N5O4/c1-33-17-11-16(12-18(13-17)34-2)27-23(31)15-29-21-8-3-4-9-22(21)30-24(32)14-20(28-25(29)30)19-7-5-6-10-26-19/h3-14H,15H2,1-2H3,(H,27,31). The first-order valence-electron chi connectivity index (χ1n) is 10.5. The number of carbonyl (C=O) groups is 1. The van der Waals surface area contributed by atoms with Gasteiger partial charge in [0.05, 0.1) is 36.6 Å². The maximum atomic E-state index is 13.1. The maximum absolute atomic E-state index is 13.1. The third-order valence-corrected chi connectivity index (χ3v) is 5.42. The quantitative estimate of drug-likeness (QED) is 0.421. The van der Waals surface area contributed by atoms with Gasteiger partial charge in [-0.25, -0.2) is 9.38 Å². The molecule has 170 valence electrons. The number of aromatic nitrogens is 4. The average molecular weight is 455 g/mol. The molecule has 0 spiro atoms. The van der Waals surface area contributed by atoms with Gasteiger partial charge in [0, 0.05) is 36.1 Å². The van der Waals surface area contributed by atoms with E-state index in [-0.39, 0.29) is 18.0 Å². The molecule has 0 aliphatic heterocycles. The number of anilines is 1. The van der Waals surface area contributed by atoms with Gasteiger partial charge in [0.1, 0.15) is 18.0 Å². The molecule has 1 N–H and O–H groups in total. The van der Waals surface area contributed by atoms with Crippen LogP contribution in [0.25, 0.3) is 28.2 Å². The Morgan fingerprint density at radius 1 is 0.912 bits per heavy atom. The summed E-state index contributed by atoms with van der Waals surface area (Å²) in [5.74, 6) is 1.17. The number of rotatable bonds is 6. The van der Waals surface area contributed by atoms with Gasteiger partial charge in [-0.3, -0.25) is 14.6 Å². The van der Waals surface area contributed by atoms with Gasteiger partial charge in [-0.15, -0.1) is 0 Å². The van der Waals surface area contributed by atoms with Crippen LogP contribution in [-0.4, -0.2) is 39.1 Å². The van der Waals surface area contributed by atoms with Gasteiger partial charge < -0.3 is 19.4 Å². The highest BCUT2D eigenvalue weighted by Crippen LogP contribution is 2.26. The fraction of sp³-hybridized carbons (Fsp3) is 0.120. The molecular formula is C25H21N5O4. The molecule has 0 unspecified atom stereocenters. The smallest absolute Gasteiger partial charge is 0.260 e.